The van der Waals surface area contributed by atoms with Gasteiger partial charge in [-0.3, -0.25) is 4.79 Å². The lowest BCUT2D eigenvalue weighted by Crippen LogP contribution is -2.31. The highest BCUT2D eigenvalue weighted by Gasteiger charge is 2.31. The topological polar surface area (TPSA) is 76.4 Å². The van der Waals surface area contributed by atoms with Gasteiger partial charge in [-0.1, -0.05) is 36.4 Å². The van der Waals surface area contributed by atoms with Crippen molar-refractivity contribution in [1.82, 2.24) is 5.32 Å². The minimum atomic E-state index is -3.71. The third kappa shape index (κ3) is 3.80. The first-order chi connectivity index (χ1) is 12.1. The van der Waals surface area contributed by atoms with Gasteiger partial charge in [0.15, 0.2) is 9.84 Å². The van der Waals surface area contributed by atoms with Crippen LogP contribution in [0.5, 0.6) is 0 Å². The zero-order chi connectivity index (χ0) is 17.7. The molecule has 1 heterocycles. The van der Waals surface area contributed by atoms with E-state index in [-0.39, 0.29) is 23.1 Å². The summed E-state index contributed by atoms with van der Waals surface area (Å²) < 4.78 is 31.2. The number of rotatable bonds is 6. The Kier molecular flexibility index (Phi) is 5.00. The smallest absolute Gasteiger partial charge is 0.251 e. The molecule has 0 fully saturated rings. The molecule has 5 nitrogen and oxygen atoms in total. The van der Waals surface area contributed by atoms with E-state index in [4.69, 9.17) is 4.42 Å². The van der Waals surface area contributed by atoms with Crippen molar-refractivity contribution in [1.29, 1.82) is 0 Å². The van der Waals surface area contributed by atoms with Gasteiger partial charge in [0.25, 0.3) is 5.91 Å². The molecule has 1 atom stereocenters. The monoisotopic (exact) mass is 355 g/mol. The van der Waals surface area contributed by atoms with E-state index in [1.165, 1.54) is 18.4 Å². The third-order valence-corrected chi connectivity index (χ3v) is 5.87. The quantitative estimate of drug-likeness (QED) is 0.736. The summed E-state index contributed by atoms with van der Waals surface area (Å²) in [5.41, 5.74) is 0.470. The zero-order valence-corrected chi connectivity index (χ0v) is 14.1. The predicted molar refractivity (Wildman–Crippen MR) is 93.9 cm³/mol. The molecule has 1 amide bonds. The highest BCUT2D eigenvalue weighted by Crippen LogP contribution is 2.28. The molecule has 6 heteroatoms. The Balaban J connectivity index is 1.86. The molecule has 0 saturated carbocycles. The van der Waals surface area contributed by atoms with Crippen LogP contribution in [0.3, 0.4) is 0 Å². The molecule has 0 unspecified atom stereocenters. The van der Waals surface area contributed by atoms with E-state index < -0.39 is 15.1 Å². The minimum Gasteiger partial charge on any atom is -0.468 e. The first-order valence-corrected chi connectivity index (χ1v) is 9.29. The van der Waals surface area contributed by atoms with Gasteiger partial charge < -0.3 is 9.73 Å². The number of benzene rings is 2. The lowest BCUT2D eigenvalue weighted by Gasteiger charge is -2.16. The maximum atomic E-state index is 13.0. The molecule has 0 radical (unpaired) electrons. The van der Waals surface area contributed by atoms with Gasteiger partial charge in [-0.25, -0.2) is 8.42 Å². The molecule has 0 aliphatic rings. The fourth-order valence-electron chi connectivity index (χ4n) is 2.49. The summed E-state index contributed by atoms with van der Waals surface area (Å²) in [6.45, 7) is -0.0849. The second kappa shape index (κ2) is 7.36. The number of carbonyl (C=O) groups is 1. The van der Waals surface area contributed by atoms with Gasteiger partial charge in [-0.15, -0.1) is 0 Å². The van der Waals surface area contributed by atoms with Crippen molar-refractivity contribution < 1.29 is 17.6 Å². The number of hydrogen-bond acceptors (Lipinski definition) is 4. The molecule has 3 rings (SSSR count). The van der Waals surface area contributed by atoms with Crippen LogP contribution in [0.25, 0.3) is 0 Å². The molecule has 1 aromatic heterocycles. The van der Waals surface area contributed by atoms with Crippen molar-refractivity contribution in [2.45, 2.75) is 10.1 Å². The van der Waals surface area contributed by atoms with Gasteiger partial charge in [0, 0.05) is 12.1 Å². The Hall–Kier alpha value is -2.86. The van der Waals surface area contributed by atoms with Crippen LogP contribution in [0.1, 0.15) is 21.4 Å². The Morgan fingerprint density at radius 3 is 2.16 bits per heavy atom. The SMILES string of the molecule is O=C(NC[C@H](c1ccco1)S(=O)(=O)c1ccccc1)c1ccccc1. The zero-order valence-electron chi connectivity index (χ0n) is 13.3. The molecule has 0 aliphatic carbocycles. The lowest BCUT2D eigenvalue weighted by atomic mass is 10.2. The number of amides is 1. The average molecular weight is 355 g/mol. The molecular weight excluding hydrogens is 338 g/mol. The Bertz CT molecular complexity index is 920. The standard InChI is InChI=1S/C19H17NO4S/c21-19(15-8-3-1-4-9-15)20-14-18(17-12-7-13-24-17)25(22,23)16-10-5-2-6-11-16/h1-13,18H,14H2,(H,20,21)/t18-/m1/s1. The number of carbonyl (C=O) groups excluding carboxylic acids is 1. The largest absolute Gasteiger partial charge is 0.468 e. The molecule has 3 aromatic rings. The van der Waals surface area contributed by atoms with Gasteiger partial charge in [0.2, 0.25) is 0 Å². The van der Waals surface area contributed by atoms with Crippen molar-refractivity contribution in [2.24, 2.45) is 0 Å². The van der Waals surface area contributed by atoms with Crippen LogP contribution in [0.2, 0.25) is 0 Å². The van der Waals surface area contributed by atoms with E-state index in [1.807, 2.05) is 6.07 Å². The first-order valence-electron chi connectivity index (χ1n) is 7.74. The normalized spacial score (nSPS) is 12.5. The van der Waals surface area contributed by atoms with Crippen molar-refractivity contribution in [3.63, 3.8) is 0 Å². The molecule has 128 valence electrons. The average Bonchev–Trinajstić information content (AvgIpc) is 3.17. The van der Waals surface area contributed by atoms with E-state index in [0.29, 0.717) is 5.56 Å². The highest BCUT2D eigenvalue weighted by molar-refractivity contribution is 7.91. The summed E-state index contributed by atoms with van der Waals surface area (Å²) in [6, 6.07) is 20.0. The fraction of sp³-hybridized carbons (Fsp3) is 0.105. The van der Waals surface area contributed by atoms with Gasteiger partial charge >= 0.3 is 0 Å². The summed E-state index contributed by atoms with van der Waals surface area (Å²) in [4.78, 5) is 12.4. The van der Waals surface area contributed by atoms with Crippen LogP contribution in [0.15, 0.2) is 88.4 Å². The number of nitrogens with one attached hydrogen (secondary N) is 1. The van der Waals surface area contributed by atoms with Gasteiger partial charge in [-0.05, 0) is 36.4 Å². The molecule has 25 heavy (non-hydrogen) atoms. The summed E-state index contributed by atoms with van der Waals surface area (Å²) >= 11 is 0. The van der Waals surface area contributed by atoms with Crippen LogP contribution in [0.4, 0.5) is 0 Å². The molecule has 0 bridgehead atoms. The second-order valence-electron chi connectivity index (χ2n) is 5.44. The maximum absolute atomic E-state index is 13.0. The van der Waals surface area contributed by atoms with E-state index in [0.717, 1.165) is 0 Å². The van der Waals surface area contributed by atoms with Gasteiger partial charge in [0.05, 0.1) is 11.2 Å². The van der Waals surface area contributed by atoms with Crippen LogP contribution in [0, 0.1) is 0 Å². The Morgan fingerprint density at radius 2 is 1.56 bits per heavy atom. The lowest BCUT2D eigenvalue weighted by molar-refractivity contribution is 0.0953. The summed E-state index contributed by atoms with van der Waals surface area (Å²) in [7, 11) is -3.71. The van der Waals surface area contributed by atoms with E-state index >= 15 is 0 Å². The van der Waals surface area contributed by atoms with Gasteiger partial charge in [-0.2, -0.15) is 0 Å². The Morgan fingerprint density at radius 1 is 0.920 bits per heavy atom. The molecule has 0 saturated heterocycles. The molecule has 2 aromatic carbocycles. The van der Waals surface area contributed by atoms with E-state index in [2.05, 4.69) is 5.32 Å². The van der Waals surface area contributed by atoms with Crippen LogP contribution in [-0.2, 0) is 9.84 Å². The van der Waals surface area contributed by atoms with Crippen LogP contribution < -0.4 is 5.32 Å². The van der Waals surface area contributed by atoms with Crippen molar-refractivity contribution in [3.05, 3.63) is 90.4 Å². The van der Waals surface area contributed by atoms with Crippen molar-refractivity contribution in [2.75, 3.05) is 6.54 Å². The van der Waals surface area contributed by atoms with E-state index in [9.17, 15) is 13.2 Å². The Labute approximate surface area is 146 Å². The van der Waals surface area contributed by atoms with Crippen LogP contribution in [-0.4, -0.2) is 20.9 Å². The summed E-state index contributed by atoms with van der Waals surface area (Å²) in [5.74, 6) is -0.0439. The first kappa shape index (κ1) is 17.0. The molecule has 0 aliphatic heterocycles. The minimum absolute atomic E-state index is 0.0849. The number of furan rings is 1. The predicted octanol–water partition coefficient (Wildman–Crippen LogP) is 3.22. The van der Waals surface area contributed by atoms with Crippen molar-refractivity contribution in [3.8, 4) is 0 Å². The highest BCUT2D eigenvalue weighted by atomic mass is 32.2. The van der Waals surface area contributed by atoms with Crippen molar-refractivity contribution >= 4 is 15.7 Å². The third-order valence-electron chi connectivity index (χ3n) is 3.79. The molecule has 1 N–H and O–H groups in total. The maximum Gasteiger partial charge on any atom is 0.251 e. The van der Waals surface area contributed by atoms with Crippen LogP contribution >= 0.6 is 0 Å². The van der Waals surface area contributed by atoms with E-state index in [1.54, 1.807) is 54.6 Å². The number of sulfone groups is 1. The summed E-state index contributed by atoms with van der Waals surface area (Å²) in [5, 5.41) is 1.68. The second-order valence-corrected chi connectivity index (χ2v) is 7.57. The molecular formula is C19H17NO4S. The summed E-state index contributed by atoms with van der Waals surface area (Å²) in [6.07, 6.45) is 1.42. The number of hydrogen-bond donors (Lipinski definition) is 1. The molecule has 0 spiro atoms. The fourth-order valence-corrected chi connectivity index (χ4v) is 4.10. The van der Waals surface area contributed by atoms with Gasteiger partial charge in [0.1, 0.15) is 11.0 Å².